The molecule has 0 spiro atoms. The maximum atomic E-state index is 7.63. The van der Waals surface area contributed by atoms with Crippen molar-refractivity contribution in [3.05, 3.63) is 35.9 Å². The van der Waals surface area contributed by atoms with E-state index in [1.807, 2.05) is 6.07 Å². The van der Waals surface area contributed by atoms with Crippen LogP contribution in [0.2, 0.25) is 0 Å². The molecule has 2 nitrogen and oxygen atoms in total. The fraction of sp³-hybridized carbons (Fsp3) is 0.417. The molecule has 3 heteroatoms. The molecule has 0 aromatic heterocycles. The normalized spacial score (nSPS) is 18.9. The van der Waals surface area contributed by atoms with Crippen LogP contribution in [0.3, 0.4) is 0 Å². The molecule has 1 aliphatic heterocycles. The molecule has 0 amide bonds. The van der Waals surface area contributed by atoms with Gasteiger partial charge < -0.3 is 10.7 Å². The lowest BCUT2D eigenvalue weighted by Crippen LogP contribution is -2.40. The summed E-state index contributed by atoms with van der Waals surface area (Å²) in [6.45, 7) is 2.04. The maximum Gasteiger partial charge on any atom is 0.0323 e. The average molecular weight is 225 g/mol. The second-order valence-electron chi connectivity index (χ2n) is 3.92. The van der Waals surface area contributed by atoms with Gasteiger partial charge in [0.05, 0.1) is 0 Å². The first-order chi connectivity index (χ1) is 6.87. The smallest absolute Gasteiger partial charge is 0.0323 e. The lowest BCUT2D eigenvalue weighted by atomic mass is 9.74. The van der Waals surface area contributed by atoms with Crippen molar-refractivity contribution in [1.29, 1.82) is 5.41 Å². The summed E-state index contributed by atoms with van der Waals surface area (Å²) < 4.78 is 0. The molecular weight excluding hydrogens is 208 g/mol. The van der Waals surface area contributed by atoms with Crippen LogP contribution >= 0.6 is 12.4 Å². The van der Waals surface area contributed by atoms with Crippen LogP contribution in [0.1, 0.15) is 18.4 Å². The maximum absolute atomic E-state index is 7.63. The molecule has 0 aliphatic carbocycles. The van der Waals surface area contributed by atoms with Crippen molar-refractivity contribution in [2.45, 2.75) is 18.3 Å². The molecule has 0 saturated carbocycles. The van der Waals surface area contributed by atoms with E-state index in [2.05, 4.69) is 29.6 Å². The van der Waals surface area contributed by atoms with Gasteiger partial charge in [-0.25, -0.2) is 0 Å². The zero-order valence-corrected chi connectivity index (χ0v) is 9.52. The molecule has 1 heterocycles. The third kappa shape index (κ3) is 2.39. The molecule has 2 rings (SSSR count). The van der Waals surface area contributed by atoms with Crippen LogP contribution in [0.5, 0.6) is 0 Å². The van der Waals surface area contributed by atoms with Crippen molar-refractivity contribution in [2.75, 3.05) is 13.1 Å². The second-order valence-corrected chi connectivity index (χ2v) is 3.92. The van der Waals surface area contributed by atoms with Crippen LogP contribution in [-0.2, 0) is 5.41 Å². The monoisotopic (exact) mass is 224 g/mol. The Labute approximate surface area is 97.0 Å². The topological polar surface area (TPSA) is 35.9 Å². The third-order valence-electron chi connectivity index (χ3n) is 3.12. The van der Waals surface area contributed by atoms with E-state index in [-0.39, 0.29) is 17.8 Å². The molecule has 1 aliphatic rings. The van der Waals surface area contributed by atoms with Crippen molar-refractivity contribution >= 4 is 18.6 Å². The van der Waals surface area contributed by atoms with Crippen molar-refractivity contribution in [3.8, 4) is 0 Å². The second kappa shape index (κ2) is 5.29. The highest BCUT2D eigenvalue weighted by Gasteiger charge is 2.31. The number of piperidine rings is 1. The van der Waals surface area contributed by atoms with E-state index >= 15 is 0 Å². The van der Waals surface area contributed by atoms with E-state index in [1.165, 1.54) is 5.56 Å². The van der Waals surface area contributed by atoms with Crippen LogP contribution in [-0.4, -0.2) is 19.3 Å². The van der Waals surface area contributed by atoms with Gasteiger partial charge in [0.15, 0.2) is 0 Å². The van der Waals surface area contributed by atoms with E-state index in [9.17, 15) is 0 Å². The highest BCUT2D eigenvalue weighted by molar-refractivity contribution is 5.85. The van der Waals surface area contributed by atoms with E-state index in [0.29, 0.717) is 0 Å². The van der Waals surface area contributed by atoms with Gasteiger partial charge in [-0.05, 0) is 31.5 Å². The Balaban J connectivity index is 0.00000112. The predicted octanol–water partition coefficient (Wildman–Crippen LogP) is 2.38. The molecule has 1 aromatic rings. The minimum Gasteiger partial charge on any atom is -0.317 e. The first kappa shape index (κ1) is 12.2. The quantitative estimate of drug-likeness (QED) is 0.744. The number of hydrogen-bond donors (Lipinski definition) is 2. The number of hydrogen-bond acceptors (Lipinski definition) is 2. The lowest BCUT2D eigenvalue weighted by Gasteiger charge is -2.34. The molecule has 1 saturated heterocycles. The summed E-state index contributed by atoms with van der Waals surface area (Å²) in [5.41, 5.74) is 1.28. The Bertz CT molecular complexity index is 305. The van der Waals surface area contributed by atoms with Gasteiger partial charge in [-0.15, -0.1) is 12.4 Å². The third-order valence-corrected chi connectivity index (χ3v) is 3.12. The zero-order valence-electron chi connectivity index (χ0n) is 8.70. The molecule has 82 valence electrons. The van der Waals surface area contributed by atoms with Gasteiger partial charge in [0, 0.05) is 11.6 Å². The van der Waals surface area contributed by atoms with Crippen molar-refractivity contribution in [2.24, 2.45) is 0 Å². The number of nitrogens with one attached hydrogen (secondary N) is 2. The Morgan fingerprint density at radius 2 is 1.73 bits per heavy atom. The fourth-order valence-electron chi connectivity index (χ4n) is 2.16. The molecule has 0 bridgehead atoms. The fourth-order valence-corrected chi connectivity index (χ4v) is 2.16. The Morgan fingerprint density at radius 3 is 2.27 bits per heavy atom. The summed E-state index contributed by atoms with van der Waals surface area (Å²) in [5.74, 6) is 0. The van der Waals surface area contributed by atoms with Crippen molar-refractivity contribution < 1.29 is 0 Å². The Hall–Kier alpha value is -0.860. The van der Waals surface area contributed by atoms with Gasteiger partial charge in [0.2, 0.25) is 0 Å². The van der Waals surface area contributed by atoms with Crippen LogP contribution in [0.4, 0.5) is 0 Å². The number of rotatable bonds is 2. The van der Waals surface area contributed by atoms with Crippen LogP contribution in [0, 0.1) is 5.41 Å². The molecule has 15 heavy (non-hydrogen) atoms. The molecule has 1 fully saturated rings. The SMILES string of the molecule is Cl.N=CC1(c2ccccc2)CCNCC1. The minimum atomic E-state index is -0.00743. The van der Waals surface area contributed by atoms with E-state index in [1.54, 1.807) is 6.21 Å². The molecule has 2 N–H and O–H groups in total. The molecule has 0 radical (unpaired) electrons. The molecule has 1 aromatic carbocycles. The van der Waals surface area contributed by atoms with Crippen LogP contribution in [0.15, 0.2) is 30.3 Å². The Kier molecular flexibility index (Phi) is 4.30. The van der Waals surface area contributed by atoms with E-state index in [0.717, 1.165) is 25.9 Å². The standard InChI is InChI=1S/C12H16N2.ClH/c13-10-12(6-8-14-9-7-12)11-4-2-1-3-5-11;/h1-5,10,13-14H,6-9H2;1H. The molecular formula is C12H17ClN2. The summed E-state index contributed by atoms with van der Waals surface area (Å²) in [7, 11) is 0. The van der Waals surface area contributed by atoms with Gasteiger partial charge in [0.1, 0.15) is 0 Å². The first-order valence-electron chi connectivity index (χ1n) is 5.15. The van der Waals surface area contributed by atoms with Crippen LogP contribution < -0.4 is 5.32 Å². The van der Waals surface area contributed by atoms with Gasteiger partial charge in [-0.1, -0.05) is 30.3 Å². The highest BCUT2D eigenvalue weighted by Crippen LogP contribution is 2.30. The van der Waals surface area contributed by atoms with E-state index in [4.69, 9.17) is 5.41 Å². The summed E-state index contributed by atoms with van der Waals surface area (Å²) in [4.78, 5) is 0. The minimum absolute atomic E-state index is 0. The summed E-state index contributed by atoms with van der Waals surface area (Å²) >= 11 is 0. The predicted molar refractivity (Wildman–Crippen MR) is 66.3 cm³/mol. The van der Waals surface area contributed by atoms with Crippen LogP contribution in [0.25, 0.3) is 0 Å². The summed E-state index contributed by atoms with van der Waals surface area (Å²) in [5, 5.41) is 11.0. The lowest BCUT2D eigenvalue weighted by molar-refractivity contribution is 0.402. The van der Waals surface area contributed by atoms with Crippen molar-refractivity contribution in [3.63, 3.8) is 0 Å². The average Bonchev–Trinajstić information content (AvgIpc) is 2.31. The number of benzene rings is 1. The summed E-state index contributed by atoms with van der Waals surface area (Å²) in [6.07, 6.45) is 3.71. The zero-order chi connectivity index (χ0) is 9.86. The van der Waals surface area contributed by atoms with Gasteiger partial charge >= 0.3 is 0 Å². The highest BCUT2D eigenvalue weighted by atomic mass is 35.5. The first-order valence-corrected chi connectivity index (χ1v) is 5.15. The largest absolute Gasteiger partial charge is 0.317 e. The molecule has 0 unspecified atom stereocenters. The van der Waals surface area contributed by atoms with Gasteiger partial charge in [-0.2, -0.15) is 0 Å². The van der Waals surface area contributed by atoms with Gasteiger partial charge in [0.25, 0.3) is 0 Å². The Morgan fingerprint density at radius 1 is 1.13 bits per heavy atom. The summed E-state index contributed by atoms with van der Waals surface area (Å²) in [6, 6.07) is 10.4. The molecule has 0 atom stereocenters. The van der Waals surface area contributed by atoms with Crippen molar-refractivity contribution in [1.82, 2.24) is 5.32 Å². The number of halogens is 1. The van der Waals surface area contributed by atoms with E-state index < -0.39 is 0 Å². The van der Waals surface area contributed by atoms with Gasteiger partial charge in [-0.3, -0.25) is 0 Å².